The van der Waals surface area contributed by atoms with Crippen molar-refractivity contribution in [1.82, 2.24) is 14.5 Å². The summed E-state index contributed by atoms with van der Waals surface area (Å²) in [5.41, 5.74) is 5.47. The van der Waals surface area contributed by atoms with Crippen LogP contribution in [0.1, 0.15) is 6.92 Å². The van der Waals surface area contributed by atoms with Crippen LogP contribution in [0.4, 0.5) is 5.82 Å². The van der Waals surface area contributed by atoms with Crippen molar-refractivity contribution in [3.05, 3.63) is 6.20 Å². The van der Waals surface area contributed by atoms with Crippen molar-refractivity contribution in [2.75, 3.05) is 26.4 Å². The maximum atomic E-state index is 12.1. The van der Waals surface area contributed by atoms with E-state index in [9.17, 15) is 13.2 Å². The van der Waals surface area contributed by atoms with E-state index in [4.69, 9.17) is 5.73 Å². The van der Waals surface area contributed by atoms with E-state index in [1.54, 1.807) is 6.92 Å². The molecule has 3 N–H and O–H groups in total. The molecular formula is C9H16N4O4S. The molecule has 1 rings (SSSR count). The number of carbonyl (C=O) groups excluding carboxylic acids is 1. The predicted octanol–water partition coefficient (Wildman–Crippen LogP) is -0.578. The molecule has 0 amide bonds. The average Bonchev–Trinajstić information content (AvgIpc) is 2.74. The number of H-pyrrole nitrogens is 1. The lowest BCUT2D eigenvalue weighted by Gasteiger charge is -2.19. The van der Waals surface area contributed by atoms with Crippen molar-refractivity contribution >= 4 is 21.8 Å². The molecule has 0 saturated heterocycles. The highest BCUT2D eigenvalue weighted by molar-refractivity contribution is 7.89. The Labute approximate surface area is 105 Å². The smallest absolute Gasteiger partial charge is 0.309 e. The third-order valence-corrected chi connectivity index (χ3v) is 4.31. The highest BCUT2D eigenvalue weighted by Gasteiger charge is 2.28. The monoisotopic (exact) mass is 276 g/mol. The van der Waals surface area contributed by atoms with Gasteiger partial charge in [-0.3, -0.25) is 9.89 Å². The Morgan fingerprint density at radius 2 is 2.28 bits per heavy atom. The van der Waals surface area contributed by atoms with Crippen LogP contribution in [0.25, 0.3) is 0 Å². The van der Waals surface area contributed by atoms with Crippen LogP contribution in [0.5, 0.6) is 0 Å². The molecule has 0 spiro atoms. The van der Waals surface area contributed by atoms with Crippen molar-refractivity contribution in [3.8, 4) is 0 Å². The molecule has 0 saturated carbocycles. The number of hydrogen-bond acceptors (Lipinski definition) is 6. The van der Waals surface area contributed by atoms with E-state index >= 15 is 0 Å². The number of aromatic amines is 1. The highest BCUT2D eigenvalue weighted by atomic mass is 32.2. The zero-order valence-electron chi connectivity index (χ0n) is 10.4. The molecule has 1 unspecified atom stereocenters. The molecule has 18 heavy (non-hydrogen) atoms. The number of rotatable bonds is 5. The van der Waals surface area contributed by atoms with Crippen LogP contribution in [0.3, 0.4) is 0 Å². The summed E-state index contributed by atoms with van der Waals surface area (Å²) in [5.74, 6) is -1.08. The second-order valence-electron chi connectivity index (χ2n) is 3.86. The van der Waals surface area contributed by atoms with Crippen molar-refractivity contribution in [1.29, 1.82) is 0 Å². The van der Waals surface area contributed by atoms with Crippen LogP contribution in [-0.4, -0.2) is 49.6 Å². The molecule has 102 valence electrons. The molecule has 0 bridgehead atoms. The number of sulfonamides is 1. The van der Waals surface area contributed by atoms with Crippen LogP contribution in [-0.2, 0) is 19.6 Å². The van der Waals surface area contributed by atoms with Crippen molar-refractivity contribution in [2.24, 2.45) is 5.92 Å². The summed E-state index contributed by atoms with van der Waals surface area (Å²) in [4.78, 5) is 11.1. The number of ether oxygens (including phenoxy) is 1. The zero-order valence-corrected chi connectivity index (χ0v) is 11.2. The molecule has 0 fully saturated rings. The van der Waals surface area contributed by atoms with Gasteiger partial charge in [0.2, 0.25) is 10.0 Å². The minimum atomic E-state index is -3.76. The Balaban J connectivity index is 2.88. The Hall–Kier alpha value is -1.61. The van der Waals surface area contributed by atoms with E-state index in [-0.39, 0.29) is 17.3 Å². The first-order chi connectivity index (χ1) is 8.30. The van der Waals surface area contributed by atoms with Gasteiger partial charge in [0, 0.05) is 13.6 Å². The minimum absolute atomic E-state index is 0.000370. The van der Waals surface area contributed by atoms with Crippen molar-refractivity contribution < 1.29 is 17.9 Å². The first-order valence-corrected chi connectivity index (χ1v) is 6.57. The maximum absolute atomic E-state index is 12.1. The molecule has 1 aromatic rings. The highest BCUT2D eigenvalue weighted by Crippen LogP contribution is 2.19. The molecule has 1 aromatic heterocycles. The lowest BCUT2D eigenvalue weighted by molar-refractivity contribution is -0.144. The third-order valence-electron chi connectivity index (χ3n) is 2.46. The number of esters is 1. The summed E-state index contributed by atoms with van der Waals surface area (Å²) < 4.78 is 29.8. The average molecular weight is 276 g/mol. The summed E-state index contributed by atoms with van der Waals surface area (Å²) in [6, 6.07) is 0. The fourth-order valence-electron chi connectivity index (χ4n) is 1.42. The fourth-order valence-corrected chi connectivity index (χ4v) is 2.68. The minimum Gasteiger partial charge on any atom is -0.469 e. The van der Waals surface area contributed by atoms with E-state index in [0.717, 1.165) is 10.5 Å². The summed E-state index contributed by atoms with van der Waals surface area (Å²) in [7, 11) is -1.14. The number of nitrogens with two attached hydrogens (primary N) is 1. The SMILES string of the molecule is COC(=O)C(C)CN(C)S(=O)(=O)c1cn[nH]c1N. The largest absolute Gasteiger partial charge is 0.469 e. The molecule has 0 aliphatic rings. The van der Waals surface area contributed by atoms with Gasteiger partial charge < -0.3 is 10.5 Å². The third kappa shape index (κ3) is 2.79. The van der Waals surface area contributed by atoms with Gasteiger partial charge in [-0.05, 0) is 0 Å². The lowest BCUT2D eigenvalue weighted by Crippen LogP contribution is -2.34. The molecular weight excluding hydrogens is 260 g/mol. The number of aromatic nitrogens is 2. The van der Waals surface area contributed by atoms with E-state index in [1.807, 2.05) is 0 Å². The topological polar surface area (TPSA) is 118 Å². The predicted molar refractivity (Wildman–Crippen MR) is 64.0 cm³/mol. The Bertz CT molecular complexity index is 524. The standard InChI is InChI=1S/C9H16N4O4S/c1-6(9(14)17-3)5-13(2)18(15,16)7-4-11-12-8(7)10/h4,6H,5H2,1-3H3,(H3,10,11,12). The fraction of sp³-hybridized carbons (Fsp3) is 0.556. The summed E-state index contributed by atoms with van der Waals surface area (Å²) >= 11 is 0. The first-order valence-electron chi connectivity index (χ1n) is 5.13. The molecule has 8 nitrogen and oxygen atoms in total. The quantitative estimate of drug-likeness (QED) is 0.695. The van der Waals surface area contributed by atoms with Gasteiger partial charge in [0.25, 0.3) is 0 Å². The van der Waals surface area contributed by atoms with Gasteiger partial charge in [-0.25, -0.2) is 8.42 Å². The van der Waals surface area contributed by atoms with Gasteiger partial charge in [0.15, 0.2) is 0 Å². The number of nitrogens with zero attached hydrogens (tertiary/aromatic N) is 2. The summed E-state index contributed by atoms with van der Waals surface area (Å²) in [6.45, 7) is 1.58. The van der Waals surface area contributed by atoms with E-state index < -0.39 is 21.9 Å². The van der Waals surface area contributed by atoms with Crippen LogP contribution < -0.4 is 5.73 Å². The molecule has 0 aliphatic heterocycles. The first kappa shape index (κ1) is 14.5. The van der Waals surface area contributed by atoms with Gasteiger partial charge in [-0.2, -0.15) is 9.40 Å². The van der Waals surface area contributed by atoms with Gasteiger partial charge in [0.05, 0.1) is 19.2 Å². The van der Waals surface area contributed by atoms with E-state index in [2.05, 4.69) is 14.9 Å². The van der Waals surface area contributed by atoms with Crippen LogP contribution >= 0.6 is 0 Å². The second kappa shape index (κ2) is 5.36. The summed E-state index contributed by atoms with van der Waals surface area (Å²) in [6.07, 6.45) is 1.13. The Kier molecular flexibility index (Phi) is 4.30. The zero-order chi connectivity index (χ0) is 13.9. The Morgan fingerprint density at radius 3 is 2.72 bits per heavy atom. The van der Waals surface area contributed by atoms with Gasteiger partial charge >= 0.3 is 5.97 Å². The second-order valence-corrected chi connectivity index (χ2v) is 5.87. The van der Waals surface area contributed by atoms with E-state index in [1.165, 1.54) is 14.2 Å². The molecule has 0 aromatic carbocycles. The Morgan fingerprint density at radius 1 is 1.67 bits per heavy atom. The number of methoxy groups -OCH3 is 1. The molecule has 1 heterocycles. The van der Waals surface area contributed by atoms with Gasteiger partial charge in [-0.1, -0.05) is 6.92 Å². The van der Waals surface area contributed by atoms with Crippen LogP contribution in [0.2, 0.25) is 0 Å². The number of anilines is 1. The van der Waals surface area contributed by atoms with Gasteiger partial charge in [0.1, 0.15) is 10.7 Å². The molecule has 0 radical (unpaired) electrons. The number of nitrogens with one attached hydrogen (secondary N) is 1. The molecule has 1 atom stereocenters. The molecule has 0 aliphatic carbocycles. The van der Waals surface area contributed by atoms with Crippen molar-refractivity contribution in [3.63, 3.8) is 0 Å². The lowest BCUT2D eigenvalue weighted by atomic mass is 10.2. The number of carbonyl (C=O) groups is 1. The number of hydrogen-bond donors (Lipinski definition) is 2. The number of nitrogen functional groups attached to an aromatic ring is 1. The summed E-state index contributed by atoms with van der Waals surface area (Å²) in [5, 5.41) is 5.90. The van der Waals surface area contributed by atoms with Crippen LogP contribution in [0.15, 0.2) is 11.1 Å². The van der Waals surface area contributed by atoms with E-state index in [0.29, 0.717) is 0 Å². The van der Waals surface area contributed by atoms with Crippen molar-refractivity contribution in [2.45, 2.75) is 11.8 Å². The van der Waals surface area contributed by atoms with Crippen LogP contribution in [0, 0.1) is 5.92 Å². The normalized spacial score (nSPS) is 13.6. The van der Waals surface area contributed by atoms with Gasteiger partial charge in [-0.15, -0.1) is 0 Å². The molecule has 9 heteroatoms. The maximum Gasteiger partial charge on any atom is 0.309 e.